The molecule has 2 heteroatoms. The van der Waals surface area contributed by atoms with E-state index >= 15 is 0 Å². The molecule has 2 nitrogen and oxygen atoms in total. The molecular formula is C23H16N2. The molecule has 25 heavy (non-hydrogen) atoms. The van der Waals surface area contributed by atoms with E-state index in [9.17, 15) is 0 Å². The van der Waals surface area contributed by atoms with E-state index in [4.69, 9.17) is 0 Å². The monoisotopic (exact) mass is 320 g/mol. The lowest BCUT2D eigenvalue weighted by atomic mass is 10.1. The van der Waals surface area contributed by atoms with Crippen molar-refractivity contribution in [1.82, 2.24) is 9.55 Å². The van der Waals surface area contributed by atoms with Crippen LogP contribution >= 0.6 is 0 Å². The number of fused-ring (bicyclic) bond motifs is 3. The van der Waals surface area contributed by atoms with Crippen LogP contribution in [0.25, 0.3) is 38.8 Å². The SMILES string of the molecule is c1ccc(-n2c3ccccc3c3cccc(-c4ccccn4)c32)cc1. The van der Waals surface area contributed by atoms with Gasteiger partial charge in [0.1, 0.15) is 0 Å². The quantitative estimate of drug-likeness (QED) is 0.399. The van der Waals surface area contributed by atoms with Crippen LogP contribution in [0.1, 0.15) is 0 Å². The van der Waals surface area contributed by atoms with Gasteiger partial charge >= 0.3 is 0 Å². The molecule has 2 heterocycles. The summed E-state index contributed by atoms with van der Waals surface area (Å²) in [5, 5.41) is 2.52. The Hall–Kier alpha value is -3.39. The summed E-state index contributed by atoms with van der Waals surface area (Å²) in [5.74, 6) is 0. The second-order valence-corrected chi connectivity index (χ2v) is 6.10. The minimum absolute atomic E-state index is 0.994. The molecule has 0 atom stereocenters. The van der Waals surface area contributed by atoms with E-state index in [1.54, 1.807) is 0 Å². The largest absolute Gasteiger partial charge is 0.309 e. The first-order valence-electron chi connectivity index (χ1n) is 8.42. The van der Waals surface area contributed by atoms with Crippen LogP contribution in [0.2, 0.25) is 0 Å². The minimum atomic E-state index is 0.994. The Morgan fingerprint density at radius 2 is 1.36 bits per heavy atom. The van der Waals surface area contributed by atoms with E-state index in [1.165, 1.54) is 21.8 Å². The van der Waals surface area contributed by atoms with Gasteiger partial charge in [-0.05, 0) is 30.3 Å². The fourth-order valence-electron chi connectivity index (χ4n) is 3.59. The fourth-order valence-corrected chi connectivity index (χ4v) is 3.59. The lowest BCUT2D eigenvalue weighted by Gasteiger charge is -2.11. The number of hydrogen-bond acceptors (Lipinski definition) is 1. The van der Waals surface area contributed by atoms with Gasteiger partial charge in [0.2, 0.25) is 0 Å². The van der Waals surface area contributed by atoms with Crippen molar-refractivity contribution >= 4 is 21.8 Å². The first-order chi connectivity index (χ1) is 12.4. The molecule has 0 saturated heterocycles. The number of rotatable bonds is 2. The molecule has 0 spiro atoms. The third-order valence-corrected chi connectivity index (χ3v) is 4.65. The Kier molecular flexibility index (Phi) is 3.14. The van der Waals surface area contributed by atoms with E-state index in [0.29, 0.717) is 0 Å². The lowest BCUT2D eigenvalue weighted by Crippen LogP contribution is -1.95. The maximum absolute atomic E-state index is 4.59. The second kappa shape index (κ2) is 5.60. The summed E-state index contributed by atoms with van der Waals surface area (Å²) >= 11 is 0. The molecule has 5 rings (SSSR count). The van der Waals surface area contributed by atoms with E-state index in [0.717, 1.165) is 16.9 Å². The van der Waals surface area contributed by atoms with Crippen LogP contribution < -0.4 is 0 Å². The van der Waals surface area contributed by atoms with Crippen LogP contribution in [0.5, 0.6) is 0 Å². The van der Waals surface area contributed by atoms with Gasteiger partial charge in [0, 0.05) is 28.2 Å². The second-order valence-electron chi connectivity index (χ2n) is 6.10. The maximum Gasteiger partial charge on any atom is 0.0723 e. The van der Waals surface area contributed by atoms with Crippen LogP contribution in [0, 0.1) is 0 Å². The predicted molar refractivity (Wildman–Crippen MR) is 104 cm³/mol. The van der Waals surface area contributed by atoms with Gasteiger partial charge in [0.25, 0.3) is 0 Å². The van der Waals surface area contributed by atoms with Crippen molar-refractivity contribution in [2.45, 2.75) is 0 Å². The van der Waals surface area contributed by atoms with Crippen molar-refractivity contribution in [1.29, 1.82) is 0 Å². The number of pyridine rings is 1. The molecule has 2 aromatic heterocycles. The third kappa shape index (κ3) is 2.15. The average molecular weight is 320 g/mol. The molecule has 0 bridgehead atoms. The topological polar surface area (TPSA) is 17.8 Å². The Bertz CT molecular complexity index is 1170. The van der Waals surface area contributed by atoms with E-state index in [-0.39, 0.29) is 0 Å². The summed E-state index contributed by atoms with van der Waals surface area (Å²) in [5.41, 5.74) is 5.73. The zero-order valence-corrected chi connectivity index (χ0v) is 13.6. The summed E-state index contributed by atoms with van der Waals surface area (Å²) < 4.78 is 2.34. The average Bonchev–Trinajstić information content (AvgIpc) is 3.04. The van der Waals surface area contributed by atoms with Crippen molar-refractivity contribution < 1.29 is 0 Å². The molecule has 0 unspecified atom stereocenters. The van der Waals surface area contributed by atoms with Gasteiger partial charge < -0.3 is 4.57 Å². The molecule has 5 aromatic rings. The first kappa shape index (κ1) is 14.0. The van der Waals surface area contributed by atoms with Gasteiger partial charge in [-0.15, -0.1) is 0 Å². The van der Waals surface area contributed by atoms with E-state index < -0.39 is 0 Å². The number of hydrogen-bond donors (Lipinski definition) is 0. The molecule has 0 aliphatic heterocycles. The van der Waals surface area contributed by atoms with Crippen LogP contribution in [0.4, 0.5) is 0 Å². The lowest BCUT2D eigenvalue weighted by molar-refractivity contribution is 1.18. The fraction of sp³-hybridized carbons (Fsp3) is 0. The minimum Gasteiger partial charge on any atom is -0.309 e. The third-order valence-electron chi connectivity index (χ3n) is 4.65. The van der Waals surface area contributed by atoms with Gasteiger partial charge in [0.15, 0.2) is 0 Å². The van der Waals surface area contributed by atoms with Gasteiger partial charge in [-0.1, -0.05) is 60.7 Å². The summed E-state index contributed by atoms with van der Waals surface area (Å²) in [7, 11) is 0. The van der Waals surface area contributed by atoms with Crippen molar-refractivity contribution in [3.63, 3.8) is 0 Å². The normalized spacial score (nSPS) is 11.2. The molecule has 0 aliphatic carbocycles. The zero-order chi connectivity index (χ0) is 16.6. The van der Waals surface area contributed by atoms with Crippen molar-refractivity contribution in [3.8, 4) is 16.9 Å². The number of aromatic nitrogens is 2. The molecule has 118 valence electrons. The molecule has 0 fully saturated rings. The smallest absolute Gasteiger partial charge is 0.0723 e. The number of para-hydroxylation sites is 3. The van der Waals surface area contributed by atoms with E-state index in [2.05, 4.69) is 88.4 Å². The van der Waals surface area contributed by atoms with Gasteiger partial charge in [-0.2, -0.15) is 0 Å². The zero-order valence-electron chi connectivity index (χ0n) is 13.6. The molecule has 0 amide bonds. The molecule has 0 saturated carbocycles. The van der Waals surface area contributed by atoms with Crippen molar-refractivity contribution in [2.24, 2.45) is 0 Å². The van der Waals surface area contributed by atoms with Crippen LogP contribution in [0.15, 0.2) is 97.2 Å². The van der Waals surface area contributed by atoms with E-state index in [1.807, 2.05) is 18.3 Å². The molecule has 3 aromatic carbocycles. The molecule has 0 N–H and O–H groups in total. The standard InChI is InChI=1S/C23H16N2/c1-2-9-17(10-3-1)25-22-15-5-4-11-18(22)19-12-8-13-20(23(19)25)21-14-6-7-16-24-21/h1-16H. The van der Waals surface area contributed by atoms with Crippen molar-refractivity contribution in [2.75, 3.05) is 0 Å². The van der Waals surface area contributed by atoms with Crippen LogP contribution in [-0.2, 0) is 0 Å². The predicted octanol–water partition coefficient (Wildman–Crippen LogP) is 5.85. The highest BCUT2D eigenvalue weighted by Crippen LogP contribution is 2.37. The Labute approximate surface area is 146 Å². The summed E-state index contributed by atoms with van der Waals surface area (Å²) in [6, 6.07) is 31.6. The highest BCUT2D eigenvalue weighted by molar-refractivity contribution is 6.13. The highest BCUT2D eigenvalue weighted by Gasteiger charge is 2.16. The highest BCUT2D eigenvalue weighted by atomic mass is 15.0. The summed E-state index contributed by atoms with van der Waals surface area (Å²) in [6.07, 6.45) is 1.85. The molecule has 0 aliphatic rings. The van der Waals surface area contributed by atoms with Gasteiger partial charge in [-0.3, -0.25) is 4.98 Å². The Morgan fingerprint density at radius 3 is 2.20 bits per heavy atom. The maximum atomic E-state index is 4.59. The van der Waals surface area contributed by atoms with Gasteiger partial charge in [-0.25, -0.2) is 0 Å². The summed E-state index contributed by atoms with van der Waals surface area (Å²) in [4.78, 5) is 4.59. The molecule has 0 radical (unpaired) electrons. The Balaban J connectivity index is 1.99. The molecular weight excluding hydrogens is 304 g/mol. The Morgan fingerprint density at radius 1 is 0.600 bits per heavy atom. The van der Waals surface area contributed by atoms with Crippen molar-refractivity contribution in [3.05, 3.63) is 97.2 Å². The first-order valence-corrected chi connectivity index (χ1v) is 8.42. The summed E-state index contributed by atoms with van der Waals surface area (Å²) in [6.45, 7) is 0. The van der Waals surface area contributed by atoms with Crippen LogP contribution in [0.3, 0.4) is 0 Å². The van der Waals surface area contributed by atoms with Crippen LogP contribution in [-0.4, -0.2) is 9.55 Å². The number of benzene rings is 3. The van der Waals surface area contributed by atoms with Gasteiger partial charge in [0.05, 0.1) is 16.7 Å². The number of nitrogens with zero attached hydrogens (tertiary/aromatic N) is 2.